The van der Waals surface area contributed by atoms with Crippen molar-refractivity contribution in [3.05, 3.63) is 42.5 Å². The fourth-order valence-corrected chi connectivity index (χ4v) is 1.68. The second-order valence-electron chi connectivity index (χ2n) is 3.07. The molecule has 0 unspecified atom stereocenters. The van der Waals surface area contributed by atoms with Crippen molar-refractivity contribution in [1.29, 1.82) is 0 Å². The Morgan fingerprint density at radius 2 is 2.00 bits per heavy atom. The molecule has 0 amide bonds. The molecule has 0 aromatic heterocycles. The first-order valence-electron chi connectivity index (χ1n) is 4.56. The van der Waals surface area contributed by atoms with Crippen LogP contribution < -0.4 is 0 Å². The number of hydrogen-bond donors (Lipinski definition) is 0. The van der Waals surface area contributed by atoms with Crippen LogP contribution in [0.3, 0.4) is 0 Å². The van der Waals surface area contributed by atoms with Gasteiger partial charge in [-0.15, -0.1) is 0 Å². The summed E-state index contributed by atoms with van der Waals surface area (Å²) in [5.41, 5.74) is 2.54. The average molecular weight is 192 g/mol. The van der Waals surface area contributed by atoms with Gasteiger partial charge in [0, 0.05) is 0 Å². The maximum Gasteiger partial charge on any atom is -0.00671 e. The van der Waals surface area contributed by atoms with E-state index in [4.69, 9.17) is 0 Å². The van der Waals surface area contributed by atoms with E-state index in [2.05, 4.69) is 37.1 Å². The zero-order valence-corrected chi connectivity index (χ0v) is 8.94. The van der Waals surface area contributed by atoms with E-state index in [0.717, 1.165) is 6.42 Å². The smallest absolute Gasteiger partial charge is 0.00671 e. The third kappa shape index (κ3) is 3.69. The largest absolute Gasteiger partial charge is 0.165 e. The van der Waals surface area contributed by atoms with Gasteiger partial charge < -0.3 is 0 Å². The molecule has 70 valence electrons. The van der Waals surface area contributed by atoms with Gasteiger partial charge in [0.05, 0.1) is 0 Å². The molecule has 0 atom stereocenters. The van der Waals surface area contributed by atoms with E-state index in [1.165, 1.54) is 23.3 Å². The van der Waals surface area contributed by atoms with E-state index in [-0.39, 0.29) is 0 Å². The van der Waals surface area contributed by atoms with E-state index in [1.54, 1.807) is 0 Å². The summed E-state index contributed by atoms with van der Waals surface area (Å²) in [7, 11) is 0. The maximum atomic E-state index is 4.09. The van der Waals surface area contributed by atoms with Crippen LogP contribution in [-0.2, 0) is 0 Å². The lowest BCUT2D eigenvalue weighted by Crippen LogP contribution is -1.84. The molecule has 13 heavy (non-hydrogen) atoms. The van der Waals surface area contributed by atoms with Gasteiger partial charge in [0.15, 0.2) is 0 Å². The highest BCUT2D eigenvalue weighted by molar-refractivity contribution is 7.98. The minimum atomic E-state index is 1.12. The van der Waals surface area contributed by atoms with Gasteiger partial charge in [-0.1, -0.05) is 36.9 Å². The quantitative estimate of drug-likeness (QED) is 0.639. The zero-order chi connectivity index (χ0) is 9.52. The molecule has 0 bridgehead atoms. The molecule has 1 aromatic carbocycles. The van der Waals surface area contributed by atoms with Crippen LogP contribution in [0.15, 0.2) is 36.9 Å². The molecule has 1 rings (SSSR count). The summed E-state index contributed by atoms with van der Waals surface area (Å²) in [5, 5.41) is 0. The van der Waals surface area contributed by atoms with Gasteiger partial charge in [-0.25, -0.2) is 0 Å². The van der Waals surface area contributed by atoms with Crippen molar-refractivity contribution in [2.45, 2.75) is 12.8 Å². The SMILES string of the molecule is C=C(CCCSC)c1ccccc1. The van der Waals surface area contributed by atoms with Crippen molar-refractivity contribution in [3.63, 3.8) is 0 Å². The van der Waals surface area contributed by atoms with Gasteiger partial charge in [-0.05, 0) is 36.0 Å². The average Bonchev–Trinajstić information content (AvgIpc) is 2.19. The Bertz CT molecular complexity index is 251. The van der Waals surface area contributed by atoms with Crippen molar-refractivity contribution in [2.24, 2.45) is 0 Å². The van der Waals surface area contributed by atoms with Crippen LogP contribution in [0.2, 0.25) is 0 Å². The topological polar surface area (TPSA) is 0 Å². The number of benzene rings is 1. The number of thioether (sulfide) groups is 1. The Balaban J connectivity index is 2.40. The van der Waals surface area contributed by atoms with E-state index >= 15 is 0 Å². The molecular weight excluding hydrogens is 176 g/mol. The highest BCUT2D eigenvalue weighted by Gasteiger charge is 1.96. The molecular formula is C12H16S. The Hall–Kier alpha value is -0.690. The van der Waals surface area contributed by atoms with Gasteiger partial charge in [0.25, 0.3) is 0 Å². The van der Waals surface area contributed by atoms with E-state index in [0.29, 0.717) is 0 Å². The second-order valence-corrected chi connectivity index (χ2v) is 4.05. The maximum absolute atomic E-state index is 4.09. The minimum absolute atomic E-state index is 1.12. The van der Waals surface area contributed by atoms with Gasteiger partial charge in [0.1, 0.15) is 0 Å². The fourth-order valence-electron chi connectivity index (χ4n) is 1.25. The Morgan fingerprint density at radius 1 is 1.31 bits per heavy atom. The van der Waals surface area contributed by atoms with Gasteiger partial charge in [-0.3, -0.25) is 0 Å². The molecule has 0 N–H and O–H groups in total. The first-order valence-corrected chi connectivity index (χ1v) is 5.96. The third-order valence-corrected chi connectivity index (χ3v) is 2.71. The Kier molecular flexibility index (Phi) is 4.69. The summed E-state index contributed by atoms with van der Waals surface area (Å²) < 4.78 is 0. The van der Waals surface area contributed by atoms with Crippen LogP contribution in [0.5, 0.6) is 0 Å². The minimum Gasteiger partial charge on any atom is -0.165 e. The summed E-state index contributed by atoms with van der Waals surface area (Å²) in [6.45, 7) is 4.09. The molecule has 0 aliphatic carbocycles. The molecule has 1 aromatic rings. The number of hydrogen-bond acceptors (Lipinski definition) is 1. The van der Waals surface area contributed by atoms with Crippen LogP contribution in [0.4, 0.5) is 0 Å². The van der Waals surface area contributed by atoms with Crippen LogP contribution in [0.25, 0.3) is 5.57 Å². The summed E-state index contributed by atoms with van der Waals surface area (Å²) >= 11 is 1.90. The summed E-state index contributed by atoms with van der Waals surface area (Å²) in [5.74, 6) is 1.23. The van der Waals surface area contributed by atoms with E-state index < -0.39 is 0 Å². The van der Waals surface area contributed by atoms with Crippen molar-refractivity contribution in [3.8, 4) is 0 Å². The lowest BCUT2D eigenvalue weighted by atomic mass is 10.0. The van der Waals surface area contributed by atoms with Crippen molar-refractivity contribution < 1.29 is 0 Å². The fraction of sp³-hybridized carbons (Fsp3) is 0.333. The molecule has 0 fully saturated rings. The first-order chi connectivity index (χ1) is 6.34. The molecule has 0 nitrogen and oxygen atoms in total. The normalized spacial score (nSPS) is 9.92. The van der Waals surface area contributed by atoms with Gasteiger partial charge >= 0.3 is 0 Å². The molecule has 0 aliphatic heterocycles. The molecule has 0 heterocycles. The van der Waals surface area contributed by atoms with Crippen molar-refractivity contribution in [2.75, 3.05) is 12.0 Å². The predicted octanol–water partition coefficient (Wildman–Crippen LogP) is 3.84. The van der Waals surface area contributed by atoms with Crippen LogP contribution >= 0.6 is 11.8 Å². The summed E-state index contributed by atoms with van der Waals surface area (Å²) in [6, 6.07) is 10.4. The Morgan fingerprint density at radius 3 is 2.62 bits per heavy atom. The monoisotopic (exact) mass is 192 g/mol. The van der Waals surface area contributed by atoms with E-state index in [9.17, 15) is 0 Å². The molecule has 1 heteroatoms. The number of allylic oxidation sites excluding steroid dienone is 1. The molecule has 0 spiro atoms. The Labute approximate surface area is 85.1 Å². The van der Waals surface area contributed by atoms with E-state index in [1.807, 2.05) is 17.8 Å². The standard InChI is InChI=1S/C12H16S/c1-11(7-6-10-13-2)12-8-4-3-5-9-12/h3-5,8-9H,1,6-7,10H2,2H3. The van der Waals surface area contributed by atoms with Crippen molar-refractivity contribution in [1.82, 2.24) is 0 Å². The lowest BCUT2D eigenvalue weighted by molar-refractivity contribution is 0.990. The van der Waals surface area contributed by atoms with Gasteiger partial charge in [-0.2, -0.15) is 11.8 Å². The van der Waals surface area contributed by atoms with Crippen LogP contribution in [0, 0.1) is 0 Å². The third-order valence-electron chi connectivity index (χ3n) is 2.01. The molecule has 0 saturated carbocycles. The molecule has 0 saturated heterocycles. The second kappa shape index (κ2) is 5.87. The highest BCUT2D eigenvalue weighted by Crippen LogP contribution is 2.17. The van der Waals surface area contributed by atoms with Crippen molar-refractivity contribution >= 4 is 17.3 Å². The molecule has 0 radical (unpaired) electrons. The predicted molar refractivity (Wildman–Crippen MR) is 63.1 cm³/mol. The zero-order valence-electron chi connectivity index (χ0n) is 8.12. The number of rotatable bonds is 5. The van der Waals surface area contributed by atoms with Crippen LogP contribution in [-0.4, -0.2) is 12.0 Å². The molecule has 0 aliphatic rings. The van der Waals surface area contributed by atoms with Crippen LogP contribution in [0.1, 0.15) is 18.4 Å². The highest BCUT2D eigenvalue weighted by atomic mass is 32.2. The summed E-state index contributed by atoms with van der Waals surface area (Å²) in [6.07, 6.45) is 4.49. The summed E-state index contributed by atoms with van der Waals surface area (Å²) in [4.78, 5) is 0. The van der Waals surface area contributed by atoms with Gasteiger partial charge in [0.2, 0.25) is 0 Å². The first kappa shape index (κ1) is 10.4. The lowest BCUT2D eigenvalue weighted by Gasteiger charge is -2.04.